The van der Waals surface area contributed by atoms with Gasteiger partial charge in [-0.15, -0.1) is 0 Å². The van der Waals surface area contributed by atoms with Crippen molar-refractivity contribution >= 4 is 11.8 Å². The molecule has 0 aromatic carbocycles. The van der Waals surface area contributed by atoms with E-state index in [9.17, 15) is 9.59 Å². The Bertz CT molecular complexity index is 142. The molecule has 1 atom stereocenters. The number of hydrogen-bond acceptors (Lipinski definition) is 3. The van der Waals surface area contributed by atoms with E-state index in [4.69, 9.17) is 5.21 Å². The van der Waals surface area contributed by atoms with Crippen molar-refractivity contribution in [1.29, 1.82) is 0 Å². The van der Waals surface area contributed by atoms with Crippen molar-refractivity contribution in [2.75, 3.05) is 7.05 Å². The molecule has 1 unspecified atom stereocenters. The lowest BCUT2D eigenvalue weighted by Gasteiger charge is -2.09. The Hall–Kier alpha value is -1.10. The summed E-state index contributed by atoms with van der Waals surface area (Å²) in [6, 6.07) is 0. The summed E-state index contributed by atoms with van der Waals surface area (Å²) in [4.78, 5) is 21.6. The summed E-state index contributed by atoms with van der Waals surface area (Å²) in [5.74, 6) is -1.86. The molecule has 0 saturated heterocycles. The first-order valence-corrected chi connectivity index (χ1v) is 3.32. The van der Waals surface area contributed by atoms with E-state index >= 15 is 0 Å². The van der Waals surface area contributed by atoms with E-state index in [1.54, 1.807) is 6.92 Å². The van der Waals surface area contributed by atoms with Gasteiger partial charge in [0.25, 0.3) is 5.91 Å². The Kier molecular flexibility index (Phi) is 4.21. The summed E-state index contributed by atoms with van der Waals surface area (Å²) in [6.45, 7) is 1.69. The minimum Gasteiger partial charge on any atom is -0.358 e. The van der Waals surface area contributed by atoms with Gasteiger partial charge in [0.2, 0.25) is 5.91 Å². The van der Waals surface area contributed by atoms with Crippen LogP contribution in [-0.2, 0) is 9.59 Å². The van der Waals surface area contributed by atoms with Crippen LogP contribution in [0, 0.1) is 5.92 Å². The predicted octanol–water partition coefficient (Wildman–Crippen LogP) is -0.736. The molecule has 0 aliphatic rings. The molecule has 0 aliphatic carbocycles. The van der Waals surface area contributed by atoms with Crippen molar-refractivity contribution < 1.29 is 14.8 Å². The van der Waals surface area contributed by atoms with Crippen LogP contribution in [0.15, 0.2) is 0 Å². The van der Waals surface area contributed by atoms with Gasteiger partial charge in [-0.3, -0.25) is 14.8 Å². The molecule has 0 spiro atoms. The number of rotatable bonds is 3. The second-order valence-corrected chi connectivity index (χ2v) is 2.05. The van der Waals surface area contributed by atoms with E-state index in [-0.39, 0.29) is 5.91 Å². The maximum atomic E-state index is 10.9. The Labute approximate surface area is 64.7 Å². The SMILES string of the molecule is CCC(C(=O)NC)C(=O)NO. The van der Waals surface area contributed by atoms with Gasteiger partial charge >= 0.3 is 0 Å². The number of amides is 2. The van der Waals surface area contributed by atoms with Crippen LogP contribution >= 0.6 is 0 Å². The number of hydrogen-bond donors (Lipinski definition) is 3. The summed E-state index contributed by atoms with van der Waals surface area (Å²) in [5.41, 5.74) is 1.43. The van der Waals surface area contributed by atoms with Crippen molar-refractivity contribution in [2.45, 2.75) is 13.3 Å². The second-order valence-electron chi connectivity index (χ2n) is 2.05. The fraction of sp³-hybridized carbons (Fsp3) is 0.667. The molecule has 0 rings (SSSR count). The van der Waals surface area contributed by atoms with Gasteiger partial charge < -0.3 is 5.32 Å². The van der Waals surface area contributed by atoms with Crippen LogP contribution in [0.2, 0.25) is 0 Å². The highest BCUT2D eigenvalue weighted by Gasteiger charge is 2.22. The number of nitrogens with one attached hydrogen (secondary N) is 2. The summed E-state index contributed by atoms with van der Waals surface area (Å²) in [5, 5.41) is 10.5. The van der Waals surface area contributed by atoms with Gasteiger partial charge in [-0.1, -0.05) is 6.92 Å². The number of hydroxylamine groups is 1. The molecule has 2 amide bonds. The van der Waals surface area contributed by atoms with Crippen LogP contribution in [0.25, 0.3) is 0 Å². The third-order valence-corrected chi connectivity index (χ3v) is 1.40. The molecular weight excluding hydrogens is 148 g/mol. The van der Waals surface area contributed by atoms with E-state index in [2.05, 4.69) is 5.32 Å². The van der Waals surface area contributed by atoms with Crippen molar-refractivity contribution in [3.05, 3.63) is 0 Å². The van der Waals surface area contributed by atoms with Gasteiger partial charge in [0.15, 0.2) is 0 Å². The summed E-state index contributed by atoms with van der Waals surface area (Å²) in [6.07, 6.45) is 0.367. The second kappa shape index (κ2) is 4.68. The molecular formula is C6H12N2O3. The van der Waals surface area contributed by atoms with Crippen molar-refractivity contribution in [2.24, 2.45) is 5.92 Å². The van der Waals surface area contributed by atoms with Crippen molar-refractivity contribution in [1.82, 2.24) is 10.8 Å². The smallest absolute Gasteiger partial charge is 0.255 e. The van der Waals surface area contributed by atoms with Gasteiger partial charge in [-0.25, -0.2) is 5.48 Å². The van der Waals surface area contributed by atoms with Gasteiger partial charge in [0.05, 0.1) is 0 Å². The van der Waals surface area contributed by atoms with Crippen LogP contribution in [0.1, 0.15) is 13.3 Å². The van der Waals surface area contributed by atoms with Crippen LogP contribution in [0.4, 0.5) is 0 Å². The quantitative estimate of drug-likeness (QED) is 0.289. The van der Waals surface area contributed by atoms with E-state index in [1.807, 2.05) is 0 Å². The van der Waals surface area contributed by atoms with E-state index in [0.29, 0.717) is 6.42 Å². The van der Waals surface area contributed by atoms with E-state index in [1.165, 1.54) is 12.5 Å². The molecule has 0 saturated carbocycles. The summed E-state index contributed by atoms with van der Waals surface area (Å²) >= 11 is 0. The molecule has 11 heavy (non-hydrogen) atoms. The number of carbonyl (C=O) groups excluding carboxylic acids is 2. The average molecular weight is 160 g/mol. The molecule has 0 bridgehead atoms. The molecule has 0 radical (unpaired) electrons. The summed E-state index contributed by atoms with van der Waals surface area (Å²) in [7, 11) is 1.44. The molecule has 64 valence electrons. The first-order valence-electron chi connectivity index (χ1n) is 3.32. The zero-order valence-corrected chi connectivity index (χ0v) is 6.55. The lowest BCUT2D eigenvalue weighted by atomic mass is 10.1. The molecule has 0 aliphatic heterocycles. The highest BCUT2D eigenvalue weighted by atomic mass is 16.5. The molecule has 3 N–H and O–H groups in total. The average Bonchev–Trinajstić information content (AvgIpc) is 2.05. The molecule has 0 fully saturated rings. The highest BCUT2D eigenvalue weighted by Crippen LogP contribution is 2.01. The van der Waals surface area contributed by atoms with Crippen molar-refractivity contribution in [3.8, 4) is 0 Å². The van der Waals surface area contributed by atoms with Gasteiger partial charge in [0, 0.05) is 7.05 Å². The Morgan fingerprint density at radius 1 is 1.45 bits per heavy atom. The maximum Gasteiger partial charge on any atom is 0.255 e. The lowest BCUT2D eigenvalue weighted by molar-refractivity contribution is -0.140. The third-order valence-electron chi connectivity index (χ3n) is 1.40. The minimum absolute atomic E-state index is 0.367. The maximum absolute atomic E-state index is 10.9. The van der Waals surface area contributed by atoms with Crippen LogP contribution in [0.5, 0.6) is 0 Å². The topological polar surface area (TPSA) is 78.4 Å². The molecule has 0 aromatic rings. The molecule has 5 heteroatoms. The van der Waals surface area contributed by atoms with Gasteiger partial charge in [-0.05, 0) is 6.42 Å². The van der Waals surface area contributed by atoms with Crippen LogP contribution in [0.3, 0.4) is 0 Å². The third kappa shape index (κ3) is 2.55. The Morgan fingerprint density at radius 3 is 2.27 bits per heavy atom. The lowest BCUT2D eigenvalue weighted by Crippen LogP contribution is -2.38. The fourth-order valence-electron chi connectivity index (χ4n) is 0.742. The normalized spacial score (nSPS) is 11.9. The van der Waals surface area contributed by atoms with Crippen LogP contribution in [-0.4, -0.2) is 24.1 Å². The summed E-state index contributed by atoms with van der Waals surface area (Å²) < 4.78 is 0. The highest BCUT2D eigenvalue weighted by molar-refractivity contribution is 5.99. The zero-order valence-electron chi connectivity index (χ0n) is 6.55. The van der Waals surface area contributed by atoms with E-state index in [0.717, 1.165) is 0 Å². The largest absolute Gasteiger partial charge is 0.358 e. The van der Waals surface area contributed by atoms with Gasteiger partial charge in [-0.2, -0.15) is 0 Å². The Morgan fingerprint density at radius 2 is 2.00 bits per heavy atom. The first kappa shape index (κ1) is 9.90. The predicted molar refractivity (Wildman–Crippen MR) is 37.8 cm³/mol. The first-order chi connectivity index (χ1) is 5.17. The van der Waals surface area contributed by atoms with E-state index < -0.39 is 11.8 Å². The molecule has 0 aromatic heterocycles. The Balaban J connectivity index is 4.15. The number of carbonyl (C=O) groups is 2. The van der Waals surface area contributed by atoms with Gasteiger partial charge in [0.1, 0.15) is 5.92 Å². The molecule has 0 heterocycles. The van der Waals surface area contributed by atoms with Crippen molar-refractivity contribution in [3.63, 3.8) is 0 Å². The van der Waals surface area contributed by atoms with Crippen LogP contribution < -0.4 is 10.8 Å². The fourth-order valence-corrected chi connectivity index (χ4v) is 0.742. The monoisotopic (exact) mass is 160 g/mol. The standard InChI is InChI=1S/C6H12N2O3/c1-3-4(5(9)7-2)6(10)8-11/h4,11H,3H2,1-2H3,(H,7,9)(H,8,10). The zero-order chi connectivity index (χ0) is 8.85. The minimum atomic E-state index is -0.801. The molecule has 5 nitrogen and oxygen atoms in total.